The van der Waals surface area contributed by atoms with Gasteiger partial charge < -0.3 is 9.79 Å². The van der Waals surface area contributed by atoms with Gasteiger partial charge in [-0.25, -0.2) is 4.57 Å². The van der Waals surface area contributed by atoms with E-state index in [4.69, 9.17) is 9.79 Å². The molecule has 1 atom stereocenters. The van der Waals surface area contributed by atoms with Crippen molar-refractivity contribution in [2.24, 2.45) is 0 Å². The van der Waals surface area contributed by atoms with Crippen LogP contribution >= 0.6 is 16.9 Å². The van der Waals surface area contributed by atoms with E-state index in [1.54, 1.807) is 36.6 Å². The monoisotopic (exact) mass is 218 g/mol. The fourth-order valence-corrected chi connectivity index (χ4v) is 4.24. The third-order valence-electron chi connectivity index (χ3n) is 1.46. The van der Waals surface area contributed by atoms with Gasteiger partial charge in [0.1, 0.15) is 0 Å². The molecule has 0 aliphatic carbocycles. The lowest BCUT2D eigenvalue weighted by atomic mass is 10.4. The van der Waals surface area contributed by atoms with Gasteiger partial charge in [0.25, 0.3) is 0 Å². The van der Waals surface area contributed by atoms with Crippen molar-refractivity contribution in [2.45, 2.75) is 11.8 Å². The molecule has 0 heterocycles. The average molecular weight is 218 g/mol. The zero-order valence-corrected chi connectivity index (χ0v) is 8.83. The second kappa shape index (κ2) is 4.20. The van der Waals surface area contributed by atoms with E-state index in [0.717, 1.165) is 0 Å². The summed E-state index contributed by atoms with van der Waals surface area (Å²) in [4.78, 5) is 18.7. The predicted molar refractivity (Wildman–Crippen MR) is 56.1 cm³/mol. The Hall–Kier alpha value is -0.410. The van der Waals surface area contributed by atoms with E-state index in [9.17, 15) is 4.57 Å². The minimum Gasteiger partial charge on any atom is -0.317 e. The van der Waals surface area contributed by atoms with Gasteiger partial charge in [0.15, 0.2) is 0 Å². The summed E-state index contributed by atoms with van der Waals surface area (Å²) in [6, 6.07) is 8.81. The zero-order valence-electron chi connectivity index (χ0n) is 7.12. The molecule has 0 spiro atoms. The first-order valence-electron chi connectivity index (χ1n) is 3.69. The lowest BCUT2D eigenvalue weighted by Gasteiger charge is -2.09. The smallest absolute Gasteiger partial charge is 0.317 e. The Kier molecular flexibility index (Phi) is 3.45. The van der Waals surface area contributed by atoms with Crippen LogP contribution in [0.3, 0.4) is 0 Å². The van der Waals surface area contributed by atoms with Crippen LogP contribution < -0.4 is 0 Å². The molecule has 0 fully saturated rings. The van der Waals surface area contributed by atoms with E-state index in [1.165, 1.54) is 0 Å². The molecule has 1 aromatic rings. The maximum atomic E-state index is 11.0. The molecular weight excluding hydrogens is 207 g/mol. The Morgan fingerprint density at radius 2 is 1.85 bits per heavy atom. The van der Waals surface area contributed by atoms with Crippen molar-refractivity contribution in [2.75, 3.05) is 0 Å². The van der Waals surface area contributed by atoms with Crippen LogP contribution in [0.5, 0.6) is 0 Å². The Morgan fingerprint density at radius 1 is 1.31 bits per heavy atom. The lowest BCUT2D eigenvalue weighted by Crippen LogP contribution is -1.79. The molecule has 0 bridgehead atoms. The Morgan fingerprint density at radius 3 is 2.23 bits per heavy atom. The molecule has 3 nitrogen and oxygen atoms in total. The number of benzene rings is 1. The van der Waals surface area contributed by atoms with Gasteiger partial charge in [0.2, 0.25) is 0 Å². The minimum absolute atomic E-state index is 0.679. The van der Waals surface area contributed by atoms with Crippen LogP contribution in [0.4, 0.5) is 0 Å². The van der Waals surface area contributed by atoms with E-state index in [0.29, 0.717) is 4.90 Å². The van der Waals surface area contributed by atoms with Gasteiger partial charge in [0.05, 0.1) is 0 Å². The summed E-state index contributed by atoms with van der Waals surface area (Å²) in [5.74, 6) is 0. The van der Waals surface area contributed by atoms with Crippen LogP contribution in [0.1, 0.15) is 6.92 Å². The van der Waals surface area contributed by atoms with Gasteiger partial charge in [0, 0.05) is 4.90 Å². The molecule has 1 unspecified atom stereocenters. The fourth-order valence-electron chi connectivity index (χ4n) is 0.971. The topological polar surface area (TPSA) is 57.5 Å². The highest BCUT2D eigenvalue weighted by molar-refractivity contribution is 8.63. The van der Waals surface area contributed by atoms with Crippen molar-refractivity contribution in [3.63, 3.8) is 0 Å². The fraction of sp³-hybridized carbons (Fsp3) is 0.125. The molecule has 13 heavy (non-hydrogen) atoms. The molecular formula is C8H11O3PS. The highest BCUT2D eigenvalue weighted by atomic mass is 32.8. The first kappa shape index (κ1) is 10.7. The highest BCUT2D eigenvalue weighted by Crippen LogP contribution is 2.60. The van der Waals surface area contributed by atoms with Crippen LogP contribution in [-0.2, 0) is 4.57 Å². The highest BCUT2D eigenvalue weighted by Gasteiger charge is 2.19. The normalized spacial score (nSPS) is 14.4. The Balaban J connectivity index is 3.15. The van der Waals surface area contributed by atoms with E-state index in [1.807, 2.05) is 6.07 Å². The summed E-state index contributed by atoms with van der Waals surface area (Å²) in [5, 5.41) is 1.55. The van der Waals surface area contributed by atoms with Crippen LogP contribution in [0.15, 0.2) is 35.2 Å². The van der Waals surface area contributed by atoms with Crippen molar-refractivity contribution in [1.82, 2.24) is 0 Å². The maximum Gasteiger partial charge on any atom is 0.382 e. The van der Waals surface area contributed by atoms with Gasteiger partial charge in [-0.15, -0.1) is 0 Å². The van der Waals surface area contributed by atoms with Crippen molar-refractivity contribution in [3.05, 3.63) is 30.3 Å². The number of hydrogen-bond donors (Lipinski definition) is 2. The summed E-state index contributed by atoms with van der Waals surface area (Å²) < 4.78 is 11.0. The van der Waals surface area contributed by atoms with E-state index >= 15 is 0 Å². The van der Waals surface area contributed by atoms with Crippen molar-refractivity contribution in [3.8, 4) is 0 Å². The zero-order chi connectivity index (χ0) is 9.90. The van der Waals surface area contributed by atoms with Gasteiger partial charge in [-0.05, 0) is 34.5 Å². The second-order valence-corrected chi connectivity index (χ2v) is 7.51. The molecule has 2 N–H and O–H groups in total. The minimum atomic E-state index is -4.03. The summed E-state index contributed by atoms with van der Waals surface area (Å²) in [7, 11) is -1.07. The predicted octanol–water partition coefficient (Wildman–Crippen LogP) is 2.23. The summed E-state index contributed by atoms with van der Waals surface area (Å²) >= 11 is 0. The van der Waals surface area contributed by atoms with Crippen LogP contribution in [-0.4, -0.2) is 15.2 Å². The third kappa shape index (κ3) is 2.78. The van der Waals surface area contributed by atoms with Crippen molar-refractivity contribution < 1.29 is 14.4 Å². The van der Waals surface area contributed by atoms with Crippen LogP contribution in [0.25, 0.3) is 0 Å². The van der Waals surface area contributed by atoms with Crippen molar-refractivity contribution >= 4 is 22.3 Å². The molecule has 0 amide bonds. The number of hydrogen-bond acceptors (Lipinski definition) is 1. The largest absolute Gasteiger partial charge is 0.382 e. The number of rotatable bonds is 2. The summed E-state index contributed by atoms with van der Waals surface area (Å²) in [6.45, 7) is -2.36. The second-order valence-electron chi connectivity index (χ2n) is 2.35. The maximum absolute atomic E-state index is 11.0. The molecule has 1 aromatic carbocycles. The van der Waals surface area contributed by atoms with E-state index in [-0.39, 0.29) is 0 Å². The average Bonchev–Trinajstić information content (AvgIpc) is 2.05. The summed E-state index contributed by atoms with van der Waals surface area (Å²) in [6.07, 6.45) is 0. The van der Waals surface area contributed by atoms with Gasteiger partial charge in [-0.3, -0.25) is 0 Å². The van der Waals surface area contributed by atoms with Crippen molar-refractivity contribution in [1.29, 1.82) is 0 Å². The Labute approximate surface area is 79.3 Å². The molecule has 0 radical (unpaired) electrons. The molecule has 0 saturated carbocycles. The molecule has 0 aliphatic rings. The van der Waals surface area contributed by atoms with Crippen LogP contribution in [0, 0.1) is 0 Å². The molecule has 72 valence electrons. The SMILES string of the molecule is CC=S(c1ccccc1)P(=O)(O)O. The van der Waals surface area contributed by atoms with Crippen LogP contribution in [0.2, 0.25) is 0 Å². The van der Waals surface area contributed by atoms with Gasteiger partial charge >= 0.3 is 6.80 Å². The van der Waals surface area contributed by atoms with E-state index < -0.39 is 16.9 Å². The molecule has 0 aromatic heterocycles. The standard InChI is InChI=1S/C8H11O3PS/c1-2-13(12(9,10)11)8-6-4-3-5-7-8/h2-7H,1H3,(H2,9,10,11). The first-order valence-corrected chi connectivity index (χ1v) is 7.20. The summed E-state index contributed by atoms with van der Waals surface area (Å²) in [5.41, 5.74) is 0. The third-order valence-corrected chi connectivity index (χ3v) is 5.98. The van der Waals surface area contributed by atoms with E-state index in [2.05, 4.69) is 0 Å². The van der Waals surface area contributed by atoms with Gasteiger partial charge in [-0.2, -0.15) is 0 Å². The molecule has 1 rings (SSSR count). The first-order chi connectivity index (χ1) is 6.05. The lowest BCUT2D eigenvalue weighted by molar-refractivity contribution is 0.397. The molecule has 0 aliphatic heterocycles. The Bertz CT molecular complexity index is 355. The molecule has 0 saturated heterocycles. The molecule has 5 heteroatoms. The quantitative estimate of drug-likeness (QED) is 0.591. The van der Waals surface area contributed by atoms with Gasteiger partial charge in [-0.1, -0.05) is 18.2 Å².